The Labute approximate surface area is 332 Å². The van der Waals surface area contributed by atoms with E-state index in [1.54, 1.807) is 27.0 Å². The molecule has 3 saturated heterocycles. The quantitative estimate of drug-likeness (QED) is 0.188. The van der Waals surface area contributed by atoms with Crippen LogP contribution in [0.1, 0.15) is 79.2 Å². The maximum atomic E-state index is 13.4. The molecule has 3 aromatic rings. The van der Waals surface area contributed by atoms with Crippen molar-refractivity contribution in [3.05, 3.63) is 60.4 Å². The SMILES string of the molecule is Cc1cc(NC(=O)[C@@H](CC(C)(C)C)NC(=O)OC(C)(C)C)ccc1-c1ccnc(Nc2ccc(N3CCN(C(=O)N4CCC5(CCNCC5)CC4)CC3)nc2)c1. The summed E-state index contributed by atoms with van der Waals surface area (Å²) in [7, 11) is 0. The Morgan fingerprint density at radius 3 is 2.14 bits per heavy atom. The number of hydrogen-bond acceptors (Lipinski definition) is 9. The normalized spacial score (nSPS) is 17.9. The van der Waals surface area contributed by atoms with E-state index in [4.69, 9.17) is 9.72 Å². The lowest BCUT2D eigenvalue weighted by molar-refractivity contribution is -0.118. The number of urea groups is 1. The van der Waals surface area contributed by atoms with Crippen molar-refractivity contribution in [1.82, 2.24) is 30.4 Å². The number of hydrogen-bond donors (Lipinski definition) is 4. The minimum absolute atomic E-state index is 0.183. The van der Waals surface area contributed by atoms with E-state index in [1.807, 2.05) is 81.3 Å². The number of ether oxygens (including phenoxy) is 1. The third kappa shape index (κ3) is 10.9. The average Bonchev–Trinajstić information content (AvgIpc) is 3.14. The molecule has 0 bridgehead atoms. The Morgan fingerprint density at radius 1 is 0.839 bits per heavy atom. The number of piperidine rings is 2. The van der Waals surface area contributed by atoms with Crippen molar-refractivity contribution in [1.29, 1.82) is 0 Å². The molecule has 3 aliphatic heterocycles. The van der Waals surface area contributed by atoms with Crippen LogP contribution in [0.15, 0.2) is 54.9 Å². The van der Waals surface area contributed by atoms with Gasteiger partial charge in [-0.1, -0.05) is 26.8 Å². The number of pyridine rings is 2. The molecule has 2 aromatic heterocycles. The molecule has 4 N–H and O–H groups in total. The number of anilines is 4. The van der Waals surface area contributed by atoms with Gasteiger partial charge in [0.1, 0.15) is 23.3 Å². The third-order valence-corrected chi connectivity index (χ3v) is 11.0. The lowest BCUT2D eigenvalue weighted by Crippen LogP contribution is -2.55. The van der Waals surface area contributed by atoms with Crippen LogP contribution in [-0.2, 0) is 9.53 Å². The van der Waals surface area contributed by atoms with E-state index in [0.717, 1.165) is 80.3 Å². The van der Waals surface area contributed by atoms with Crippen molar-refractivity contribution >= 4 is 41.0 Å². The smallest absolute Gasteiger partial charge is 0.408 e. The summed E-state index contributed by atoms with van der Waals surface area (Å²) >= 11 is 0. The number of rotatable bonds is 8. The van der Waals surface area contributed by atoms with Crippen molar-refractivity contribution < 1.29 is 19.1 Å². The van der Waals surface area contributed by atoms with Crippen LogP contribution in [-0.4, -0.2) is 102 Å². The van der Waals surface area contributed by atoms with Gasteiger partial charge in [0.05, 0.1) is 11.9 Å². The van der Waals surface area contributed by atoms with Crippen LogP contribution in [0.4, 0.5) is 32.6 Å². The topological polar surface area (TPSA) is 144 Å². The molecule has 0 radical (unpaired) electrons. The molecule has 0 unspecified atom stereocenters. The maximum Gasteiger partial charge on any atom is 0.408 e. The fourth-order valence-corrected chi connectivity index (χ4v) is 7.98. The largest absolute Gasteiger partial charge is 0.444 e. The zero-order valence-electron chi connectivity index (χ0n) is 34.3. The molecular weight excluding hydrogens is 707 g/mol. The Balaban J connectivity index is 1.01. The molecule has 302 valence electrons. The molecule has 13 heteroatoms. The first-order valence-electron chi connectivity index (χ1n) is 20.1. The summed E-state index contributed by atoms with van der Waals surface area (Å²) in [5.74, 6) is 1.27. The van der Waals surface area contributed by atoms with Crippen LogP contribution >= 0.6 is 0 Å². The second-order valence-corrected chi connectivity index (χ2v) is 17.9. The molecule has 3 fully saturated rings. The van der Waals surface area contributed by atoms with Crippen molar-refractivity contribution in [3.63, 3.8) is 0 Å². The van der Waals surface area contributed by atoms with Gasteiger partial charge in [-0.3, -0.25) is 4.79 Å². The predicted octanol–water partition coefficient (Wildman–Crippen LogP) is 7.17. The summed E-state index contributed by atoms with van der Waals surface area (Å²) in [6, 6.07) is 13.2. The van der Waals surface area contributed by atoms with E-state index < -0.39 is 17.7 Å². The van der Waals surface area contributed by atoms with Gasteiger partial charge in [0.15, 0.2) is 0 Å². The number of aromatic nitrogens is 2. The predicted molar refractivity (Wildman–Crippen MR) is 222 cm³/mol. The van der Waals surface area contributed by atoms with Crippen LogP contribution in [0.3, 0.4) is 0 Å². The second kappa shape index (κ2) is 17.1. The van der Waals surface area contributed by atoms with E-state index in [-0.39, 0.29) is 17.4 Å². The average molecular weight is 768 g/mol. The Kier molecular flexibility index (Phi) is 12.4. The number of carbonyl (C=O) groups excluding carboxylic acids is 3. The molecule has 5 heterocycles. The molecule has 6 rings (SSSR count). The van der Waals surface area contributed by atoms with Gasteiger partial charge in [0.25, 0.3) is 0 Å². The van der Waals surface area contributed by atoms with Gasteiger partial charge in [0.2, 0.25) is 5.91 Å². The molecule has 3 aliphatic rings. The lowest BCUT2D eigenvalue weighted by Gasteiger charge is -2.46. The summed E-state index contributed by atoms with van der Waals surface area (Å²) in [4.78, 5) is 54.9. The van der Waals surface area contributed by atoms with Crippen LogP contribution in [0.5, 0.6) is 0 Å². The Hall–Kier alpha value is -4.91. The van der Waals surface area contributed by atoms with Gasteiger partial charge >= 0.3 is 12.1 Å². The number of benzene rings is 1. The molecule has 1 aromatic carbocycles. The first kappa shape index (κ1) is 40.7. The highest BCUT2D eigenvalue weighted by Gasteiger charge is 2.38. The number of nitrogens with one attached hydrogen (secondary N) is 4. The molecule has 0 saturated carbocycles. The molecule has 13 nitrogen and oxygen atoms in total. The molecule has 1 spiro atoms. The highest BCUT2D eigenvalue weighted by molar-refractivity contribution is 5.97. The Morgan fingerprint density at radius 2 is 1.52 bits per heavy atom. The monoisotopic (exact) mass is 767 g/mol. The fourth-order valence-electron chi connectivity index (χ4n) is 7.98. The summed E-state index contributed by atoms with van der Waals surface area (Å²) in [5, 5.41) is 12.6. The van der Waals surface area contributed by atoms with E-state index in [9.17, 15) is 14.4 Å². The summed E-state index contributed by atoms with van der Waals surface area (Å²) in [6.07, 6.45) is 8.11. The van der Waals surface area contributed by atoms with E-state index in [2.05, 4.69) is 36.1 Å². The van der Waals surface area contributed by atoms with E-state index >= 15 is 0 Å². The highest BCUT2D eigenvalue weighted by Crippen LogP contribution is 2.39. The van der Waals surface area contributed by atoms with E-state index in [0.29, 0.717) is 36.4 Å². The minimum Gasteiger partial charge on any atom is -0.444 e. The number of likely N-dealkylation sites (tertiary alicyclic amines) is 1. The highest BCUT2D eigenvalue weighted by atomic mass is 16.6. The zero-order valence-corrected chi connectivity index (χ0v) is 34.3. The molecule has 4 amide bonds. The number of aryl methyl sites for hydroxylation is 1. The van der Waals surface area contributed by atoms with Crippen LogP contribution in [0.25, 0.3) is 11.1 Å². The first-order valence-corrected chi connectivity index (χ1v) is 20.1. The summed E-state index contributed by atoms with van der Waals surface area (Å²) in [5.41, 5.74) is 3.97. The van der Waals surface area contributed by atoms with Crippen LogP contribution in [0, 0.1) is 17.8 Å². The van der Waals surface area contributed by atoms with Crippen LogP contribution < -0.4 is 26.2 Å². The van der Waals surface area contributed by atoms with Gasteiger partial charge in [-0.2, -0.15) is 0 Å². The summed E-state index contributed by atoms with van der Waals surface area (Å²) < 4.78 is 5.42. The number of alkyl carbamates (subject to hydrolysis) is 1. The molecule has 56 heavy (non-hydrogen) atoms. The van der Waals surface area contributed by atoms with E-state index in [1.165, 1.54) is 12.8 Å². The molecular formula is C43H61N9O4. The number of amides is 4. The standard InChI is InChI=1S/C43H61N9O4/c1-30-26-32(48-38(53)35(28-41(2,3)4)49-39(54)56-42(5,6)7)8-10-34(30)31-12-17-45-36(27-31)47-33-9-11-37(46-29-33)50-22-24-52(25-23-50)40(55)51-20-15-43(16-21-51)13-18-44-19-14-43/h8-12,17,26-27,29,35,44H,13-16,18-25,28H2,1-7H3,(H,45,47)(H,48,53)(H,49,54)/t35-/m1/s1. The number of nitrogens with zero attached hydrogens (tertiary/aromatic N) is 5. The minimum atomic E-state index is -0.764. The third-order valence-electron chi connectivity index (χ3n) is 11.0. The van der Waals surface area contributed by atoms with Gasteiger partial charge in [-0.05, 0) is 137 Å². The lowest BCUT2D eigenvalue weighted by atomic mass is 9.72. The maximum absolute atomic E-state index is 13.4. The summed E-state index contributed by atoms with van der Waals surface area (Å²) in [6.45, 7) is 20.3. The second-order valence-electron chi connectivity index (χ2n) is 17.9. The Bertz CT molecular complexity index is 1830. The van der Waals surface area contributed by atoms with Gasteiger partial charge in [-0.15, -0.1) is 0 Å². The van der Waals surface area contributed by atoms with Crippen molar-refractivity contribution in [3.8, 4) is 11.1 Å². The first-order chi connectivity index (χ1) is 26.5. The fraction of sp³-hybridized carbons (Fsp3) is 0.558. The van der Waals surface area contributed by atoms with Gasteiger partial charge < -0.3 is 40.7 Å². The van der Waals surface area contributed by atoms with Crippen molar-refractivity contribution in [2.24, 2.45) is 10.8 Å². The zero-order chi connectivity index (χ0) is 40.1. The van der Waals surface area contributed by atoms with Crippen molar-refractivity contribution in [2.45, 2.75) is 92.2 Å². The number of carbonyl (C=O) groups is 3. The molecule has 1 atom stereocenters. The molecule has 0 aliphatic carbocycles. The van der Waals surface area contributed by atoms with Crippen molar-refractivity contribution in [2.75, 3.05) is 67.9 Å². The number of piperazine rings is 1. The van der Waals surface area contributed by atoms with Crippen LogP contribution in [0.2, 0.25) is 0 Å². The van der Waals surface area contributed by atoms with Gasteiger partial charge in [-0.25, -0.2) is 19.6 Å². The van der Waals surface area contributed by atoms with Gasteiger partial charge in [0, 0.05) is 51.2 Å².